The van der Waals surface area contributed by atoms with Gasteiger partial charge < -0.3 is 20.5 Å². The number of thioether (sulfide) groups is 1. The van der Waals surface area contributed by atoms with Gasteiger partial charge in [-0.1, -0.05) is 42.1 Å². The van der Waals surface area contributed by atoms with Gasteiger partial charge in [-0.05, 0) is 23.6 Å². The lowest BCUT2D eigenvalue weighted by molar-refractivity contribution is -0.113. The number of amides is 2. The summed E-state index contributed by atoms with van der Waals surface area (Å²) in [6.45, 7) is 0. The molecule has 4 rings (SSSR count). The molecule has 0 radical (unpaired) electrons. The molecule has 0 aliphatic carbocycles. The smallest absolute Gasteiger partial charge is 0.251 e. The minimum atomic E-state index is -0.593. The van der Waals surface area contributed by atoms with Crippen molar-refractivity contribution in [3.05, 3.63) is 65.5 Å². The van der Waals surface area contributed by atoms with Crippen LogP contribution in [0.2, 0.25) is 0 Å². The lowest BCUT2D eigenvalue weighted by atomic mass is 10.2. The Morgan fingerprint density at radius 2 is 1.82 bits per heavy atom. The summed E-state index contributed by atoms with van der Waals surface area (Å²) < 4.78 is 12.7. The van der Waals surface area contributed by atoms with Crippen LogP contribution in [0.5, 0.6) is 11.5 Å². The van der Waals surface area contributed by atoms with Crippen molar-refractivity contribution in [1.29, 1.82) is 0 Å². The molecule has 0 saturated carbocycles. The Labute approximate surface area is 203 Å². The van der Waals surface area contributed by atoms with E-state index < -0.39 is 5.91 Å². The number of hydrogen-bond donors (Lipinski definition) is 2. The number of primary amides is 1. The molecule has 11 heteroatoms. The molecule has 2 aromatic heterocycles. The Balaban J connectivity index is 1.64. The van der Waals surface area contributed by atoms with Gasteiger partial charge in [0.1, 0.15) is 5.00 Å². The summed E-state index contributed by atoms with van der Waals surface area (Å²) in [5.41, 5.74) is 7.25. The van der Waals surface area contributed by atoms with Gasteiger partial charge in [-0.2, -0.15) is 0 Å². The summed E-state index contributed by atoms with van der Waals surface area (Å²) in [6, 6.07) is 16.7. The number of thiophene rings is 1. The van der Waals surface area contributed by atoms with Crippen LogP contribution in [-0.4, -0.2) is 46.6 Å². The van der Waals surface area contributed by atoms with E-state index in [1.807, 2.05) is 47.0 Å². The standard InChI is InChI=1S/C23H21N5O4S2/c1-31-17-9-8-15(12-18(17)32-2)28-21(14-6-4-3-5-7-14)26-27-23(28)34-13-19(29)25-22-16(20(24)30)10-11-33-22/h3-12H,13H2,1-2H3,(H2,24,30)(H,25,29). The molecule has 3 N–H and O–H groups in total. The Morgan fingerprint density at radius 3 is 2.53 bits per heavy atom. The number of carbonyl (C=O) groups excluding carboxylic acids is 2. The van der Waals surface area contributed by atoms with E-state index in [0.717, 1.165) is 11.3 Å². The van der Waals surface area contributed by atoms with Gasteiger partial charge in [0, 0.05) is 11.6 Å². The number of nitrogens with two attached hydrogens (primary N) is 1. The van der Waals surface area contributed by atoms with E-state index in [4.69, 9.17) is 15.2 Å². The maximum Gasteiger partial charge on any atom is 0.251 e. The minimum absolute atomic E-state index is 0.0519. The quantitative estimate of drug-likeness (QED) is 0.338. The van der Waals surface area contributed by atoms with Crippen LogP contribution >= 0.6 is 23.1 Å². The van der Waals surface area contributed by atoms with Crippen LogP contribution in [0, 0.1) is 0 Å². The van der Waals surface area contributed by atoms with Gasteiger partial charge in [-0.25, -0.2) is 0 Å². The highest BCUT2D eigenvalue weighted by atomic mass is 32.2. The second-order valence-electron chi connectivity index (χ2n) is 6.91. The fourth-order valence-corrected chi connectivity index (χ4v) is 4.79. The number of nitrogens with zero attached hydrogens (tertiary/aromatic N) is 3. The summed E-state index contributed by atoms with van der Waals surface area (Å²) >= 11 is 2.45. The molecule has 174 valence electrons. The second-order valence-corrected chi connectivity index (χ2v) is 8.77. The normalized spacial score (nSPS) is 10.6. The molecule has 0 aliphatic rings. The van der Waals surface area contributed by atoms with Crippen molar-refractivity contribution in [3.8, 4) is 28.6 Å². The van der Waals surface area contributed by atoms with Crippen molar-refractivity contribution in [1.82, 2.24) is 14.8 Å². The molecule has 4 aromatic rings. The van der Waals surface area contributed by atoms with Crippen LogP contribution < -0.4 is 20.5 Å². The summed E-state index contributed by atoms with van der Waals surface area (Å²) in [5.74, 6) is 0.928. The van der Waals surface area contributed by atoms with Crippen molar-refractivity contribution in [3.63, 3.8) is 0 Å². The predicted molar refractivity (Wildman–Crippen MR) is 132 cm³/mol. The first kappa shape index (κ1) is 23.3. The first-order chi connectivity index (χ1) is 16.5. The number of anilines is 1. The lowest BCUT2D eigenvalue weighted by Crippen LogP contribution is -2.18. The molecule has 2 amide bonds. The third kappa shape index (κ3) is 4.90. The number of benzene rings is 2. The molecule has 2 heterocycles. The zero-order valence-corrected chi connectivity index (χ0v) is 20.0. The van der Waals surface area contributed by atoms with E-state index in [2.05, 4.69) is 15.5 Å². The van der Waals surface area contributed by atoms with E-state index in [0.29, 0.717) is 27.5 Å². The molecule has 2 aromatic carbocycles. The van der Waals surface area contributed by atoms with Crippen LogP contribution in [0.15, 0.2) is 65.1 Å². The maximum atomic E-state index is 12.6. The van der Waals surface area contributed by atoms with Crippen molar-refractivity contribution in [2.24, 2.45) is 5.73 Å². The number of carbonyl (C=O) groups is 2. The van der Waals surface area contributed by atoms with Gasteiger partial charge in [0.15, 0.2) is 22.5 Å². The molecule has 34 heavy (non-hydrogen) atoms. The molecule has 0 fully saturated rings. The largest absolute Gasteiger partial charge is 0.493 e. The van der Waals surface area contributed by atoms with Gasteiger partial charge in [0.05, 0.1) is 31.2 Å². The Kier molecular flexibility index (Phi) is 7.14. The average molecular weight is 496 g/mol. The number of nitrogens with one attached hydrogen (secondary N) is 1. The summed E-state index contributed by atoms with van der Waals surface area (Å²) in [7, 11) is 3.14. The molecular weight excluding hydrogens is 474 g/mol. The van der Waals surface area contributed by atoms with Crippen LogP contribution in [0.3, 0.4) is 0 Å². The summed E-state index contributed by atoms with van der Waals surface area (Å²) in [6.07, 6.45) is 0. The van der Waals surface area contributed by atoms with Gasteiger partial charge in [0.25, 0.3) is 5.91 Å². The Morgan fingerprint density at radius 1 is 1.06 bits per heavy atom. The first-order valence-electron chi connectivity index (χ1n) is 10.0. The van der Waals surface area contributed by atoms with Crippen molar-refractivity contribution >= 4 is 39.9 Å². The average Bonchev–Trinajstić information content (AvgIpc) is 3.50. The van der Waals surface area contributed by atoms with E-state index >= 15 is 0 Å². The zero-order chi connectivity index (χ0) is 24.1. The van der Waals surface area contributed by atoms with Crippen molar-refractivity contribution < 1.29 is 19.1 Å². The predicted octanol–water partition coefficient (Wildman–Crippen LogP) is 3.84. The minimum Gasteiger partial charge on any atom is -0.493 e. The molecular formula is C23H21N5O4S2. The zero-order valence-electron chi connectivity index (χ0n) is 18.3. The van der Waals surface area contributed by atoms with Crippen molar-refractivity contribution in [2.45, 2.75) is 5.16 Å². The number of aromatic nitrogens is 3. The van der Waals surface area contributed by atoms with E-state index in [-0.39, 0.29) is 17.2 Å². The number of ether oxygens (including phenoxy) is 2. The van der Waals surface area contributed by atoms with E-state index in [1.54, 1.807) is 31.7 Å². The molecule has 0 atom stereocenters. The van der Waals surface area contributed by atoms with Crippen LogP contribution in [0.1, 0.15) is 10.4 Å². The Bertz CT molecular complexity index is 1320. The molecule has 0 spiro atoms. The monoisotopic (exact) mass is 495 g/mol. The topological polar surface area (TPSA) is 121 Å². The number of rotatable bonds is 9. The first-order valence-corrected chi connectivity index (χ1v) is 11.9. The highest BCUT2D eigenvalue weighted by Crippen LogP contribution is 2.34. The fourth-order valence-electron chi connectivity index (χ4n) is 3.23. The molecule has 0 aliphatic heterocycles. The van der Waals surface area contributed by atoms with Gasteiger partial charge in [-0.15, -0.1) is 21.5 Å². The summed E-state index contributed by atoms with van der Waals surface area (Å²) in [5, 5.41) is 14.1. The lowest BCUT2D eigenvalue weighted by Gasteiger charge is -2.13. The molecule has 0 saturated heterocycles. The fraction of sp³-hybridized carbons (Fsp3) is 0.130. The highest BCUT2D eigenvalue weighted by Gasteiger charge is 2.19. The third-order valence-corrected chi connectivity index (χ3v) is 6.57. The highest BCUT2D eigenvalue weighted by molar-refractivity contribution is 7.99. The van der Waals surface area contributed by atoms with E-state index in [9.17, 15) is 9.59 Å². The van der Waals surface area contributed by atoms with Gasteiger partial charge >= 0.3 is 0 Å². The second kappa shape index (κ2) is 10.4. The third-order valence-electron chi connectivity index (χ3n) is 4.81. The molecule has 0 unspecified atom stereocenters. The Hall–Kier alpha value is -3.83. The number of hydrogen-bond acceptors (Lipinski definition) is 8. The van der Waals surface area contributed by atoms with E-state index in [1.165, 1.54) is 23.1 Å². The van der Waals surface area contributed by atoms with Crippen molar-refractivity contribution in [2.75, 3.05) is 25.3 Å². The van der Waals surface area contributed by atoms with Crippen LogP contribution in [0.25, 0.3) is 17.1 Å². The van der Waals surface area contributed by atoms with Gasteiger partial charge in [0.2, 0.25) is 5.91 Å². The SMILES string of the molecule is COc1ccc(-n2c(SCC(=O)Nc3sccc3C(N)=O)nnc2-c2ccccc2)cc1OC. The summed E-state index contributed by atoms with van der Waals surface area (Å²) in [4.78, 5) is 24.1. The number of methoxy groups -OCH3 is 2. The van der Waals surface area contributed by atoms with Crippen LogP contribution in [-0.2, 0) is 4.79 Å². The maximum absolute atomic E-state index is 12.6. The molecule has 0 bridgehead atoms. The molecule has 9 nitrogen and oxygen atoms in total. The van der Waals surface area contributed by atoms with Crippen LogP contribution in [0.4, 0.5) is 5.00 Å². The van der Waals surface area contributed by atoms with Gasteiger partial charge in [-0.3, -0.25) is 14.2 Å².